The molecule has 0 aromatic heterocycles. The van der Waals surface area contributed by atoms with Gasteiger partial charge in [0, 0.05) is 0 Å². The predicted molar refractivity (Wildman–Crippen MR) is 66.6 cm³/mol. The van der Waals surface area contributed by atoms with Crippen molar-refractivity contribution in [2.45, 2.75) is 25.7 Å². The molecular weight excluding hydrogens is 214 g/mol. The lowest BCUT2D eigenvalue weighted by atomic mass is 9.82. The van der Waals surface area contributed by atoms with Crippen molar-refractivity contribution in [3.8, 4) is 5.75 Å². The number of ether oxygens (including phenoxy) is 1. The fourth-order valence-corrected chi connectivity index (χ4v) is 2.32. The summed E-state index contributed by atoms with van der Waals surface area (Å²) in [5.74, 6) is 1.19. The number of carbonyl (C=O) groups is 1. The van der Waals surface area contributed by atoms with E-state index < -0.39 is 0 Å². The van der Waals surface area contributed by atoms with E-state index in [1.165, 1.54) is 0 Å². The van der Waals surface area contributed by atoms with E-state index in [4.69, 9.17) is 10.5 Å². The number of nitrogens with two attached hydrogens (primary N) is 1. The molecule has 3 nitrogen and oxygen atoms in total. The molecule has 92 valence electrons. The highest BCUT2D eigenvalue weighted by molar-refractivity contribution is 5.75. The summed E-state index contributed by atoms with van der Waals surface area (Å²) in [6.07, 6.45) is 3.91. The SMILES string of the molecule is NC[C@H]1CC[C@H](C(=O)Oc2ccccc2)CC1. The zero-order chi connectivity index (χ0) is 12.1. The fraction of sp³-hybridized carbons (Fsp3) is 0.500. The second kappa shape index (κ2) is 5.82. The van der Waals surface area contributed by atoms with Gasteiger partial charge < -0.3 is 10.5 Å². The number of esters is 1. The van der Waals surface area contributed by atoms with Gasteiger partial charge in [-0.1, -0.05) is 18.2 Å². The quantitative estimate of drug-likeness (QED) is 0.644. The molecule has 0 spiro atoms. The minimum atomic E-state index is -0.0910. The maximum Gasteiger partial charge on any atom is 0.314 e. The lowest BCUT2D eigenvalue weighted by Gasteiger charge is -2.26. The Labute approximate surface area is 102 Å². The van der Waals surface area contributed by atoms with Crippen molar-refractivity contribution < 1.29 is 9.53 Å². The Balaban J connectivity index is 1.85. The van der Waals surface area contributed by atoms with Gasteiger partial charge in [-0.05, 0) is 50.3 Å². The van der Waals surface area contributed by atoms with Gasteiger partial charge in [0.25, 0.3) is 0 Å². The van der Waals surface area contributed by atoms with Gasteiger partial charge in [-0.3, -0.25) is 4.79 Å². The summed E-state index contributed by atoms with van der Waals surface area (Å²) in [7, 11) is 0. The van der Waals surface area contributed by atoms with E-state index in [9.17, 15) is 4.79 Å². The Kier molecular flexibility index (Phi) is 4.15. The van der Waals surface area contributed by atoms with Crippen LogP contribution in [0.4, 0.5) is 0 Å². The molecule has 0 atom stereocenters. The molecule has 2 N–H and O–H groups in total. The summed E-state index contributed by atoms with van der Waals surface area (Å²) >= 11 is 0. The minimum absolute atomic E-state index is 0.0537. The monoisotopic (exact) mass is 233 g/mol. The molecule has 0 aliphatic heterocycles. The summed E-state index contributed by atoms with van der Waals surface area (Å²) < 4.78 is 5.35. The highest BCUT2D eigenvalue weighted by Gasteiger charge is 2.26. The van der Waals surface area contributed by atoms with Gasteiger partial charge >= 0.3 is 5.97 Å². The van der Waals surface area contributed by atoms with Crippen molar-refractivity contribution in [2.75, 3.05) is 6.54 Å². The molecule has 2 rings (SSSR count). The van der Waals surface area contributed by atoms with Crippen molar-refractivity contribution in [3.63, 3.8) is 0 Å². The number of hydrogen-bond acceptors (Lipinski definition) is 3. The van der Waals surface area contributed by atoms with Crippen molar-refractivity contribution in [2.24, 2.45) is 17.6 Å². The van der Waals surface area contributed by atoms with Crippen LogP contribution in [0.3, 0.4) is 0 Å². The van der Waals surface area contributed by atoms with Crippen LogP contribution in [-0.4, -0.2) is 12.5 Å². The minimum Gasteiger partial charge on any atom is -0.426 e. The molecular formula is C14H19NO2. The Morgan fingerprint density at radius 3 is 2.41 bits per heavy atom. The molecule has 0 amide bonds. The van der Waals surface area contributed by atoms with E-state index in [2.05, 4.69) is 0 Å². The summed E-state index contributed by atoms with van der Waals surface area (Å²) in [6.45, 7) is 0.737. The van der Waals surface area contributed by atoms with Crippen LogP contribution in [-0.2, 0) is 4.79 Å². The first kappa shape index (κ1) is 12.1. The van der Waals surface area contributed by atoms with Gasteiger partial charge in [0.2, 0.25) is 0 Å². The summed E-state index contributed by atoms with van der Waals surface area (Å²) in [4.78, 5) is 11.9. The van der Waals surface area contributed by atoms with E-state index in [-0.39, 0.29) is 11.9 Å². The van der Waals surface area contributed by atoms with E-state index >= 15 is 0 Å². The lowest BCUT2D eigenvalue weighted by Crippen LogP contribution is -2.28. The van der Waals surface area contributed by atoms with Crippen LogP contribution in [0.2, 0.25) is 0 Å². The van der Waals surface area contributed by atoms with Crippen LogP contribution in [0.25, 0.3) is 0 Å². The number of benzene rings is 1. The molecule has 1 saturated carbocycles. The van der Waals surface area contributed by atoms with E-state index in [1.54, 1.807) is 0 Å². The van der Waals surface area contributed by atoms with E-state index in [0.717, 1.165) is 32.2 Å². The first-order valence-corrected chi connectivity index (χ1v) is 6.26. The third-order valence-electron chi connectivity index (χ3n) is 3.48. The van der Waals surface area contributed by atoms with Crippen molar-refractivity contribution in [1.29, 1.82) is 0 Å². The third-order valence-corrected chi connectivity index (χ3v) is 3.48. The normalized spacial score (nSPS) is 24.3. The molecule has 0 unspecified atom stereocenters. The summed E-state index contributed by atoms with van der Waals surface area (Å²) in [5, 5.41) is 0. The molecule has 1 aromatic rings. The largest absolute Gasteiger partial charge is 0.426 e. The smallest absolute Gasteiger partial charge is 0.314 e. The van der Waals surface area contributed by atoms with Crippen molar-refractivity contribution in [1.82, 2.24) is 0 Å². The van der Waals surface area contributed by atoms with Gasteiger partial charge in [0.15, 0.2) is 0 Å². The maximum atomic E-state index is 11.9. The number of carbonyl (C=O) groups excluding carboxylic acids is 1. The zero-order valence-electron chi connectivity index (χ0n) is 9.97. The molecule has 1 aliphatic carbocycles. The molecule has 0 saturated heterocycles. The Bertz CT molecular complexity index is 356. The van der Waals surface area contributed by atoms with Gasteiger partial charge in [0.1, 0.15) is 5.75 Å². The van der Waals surface area contributed by atoms with Crippen LogP contribution in [0.15, 0.2) is 30.3 Å². The molecule has 17 heavy (non-hydrogen) atoms. The molecule has 1 fully saturated rings. The summed E-state index contributed by atoms with van der Waals surface area (Å²) in [6, 6.07) is 9.26. The van der Waals surface area contributed by atoms with Crippen LogP contribution in [0.1, 0.15) is 25.7 Å². The zero-order valence-corrected chi connectivity index (χ0v) is 9.97. The van der Waals surface area contributed by atoms with Gasteiger partial charge in [-0.25, -0.2) is 0 Å². The highest BCUT2D eigenvalue weighted by Crippen LogP contribution is 2.29. The van der Waals surface area contributed by atoms with Gasteiger partial charge in [-0.15, -0.1) is 0 Å². The molecule has 0 heterocycles. The first-order chi connectivity index (χ1) is 8.29. The molecule has 0 bridgehead atoms. The maximum absolute atomic E-state index is 11.9. The van der Waals surface area contributed by atoms with Crippen LogP contribution >= 0.6 is 0 Å². The van der Waals surface area contributed by atoms with Crippen molar-refractivity contribution >= 4 is 5.97 Å². The van der Waals surface area contributed by atoms with Gasteiger partial charge in [-0.2, -0.15) is 0 Å². The van der Waals surface area contributed by atoms with Crippen LogP contribution in [0, 0.1) is 11.8 Å². The second-order valence-corrected chi connectivity index (χ2v) is 4.69. The molecule has 1 aromatic carbocycles. The fourth-order valence-electron chi connectivity index (χ4n) is 2.32. The Morgan fingerprint density at radius 2 is 1.82 bits per heavy atom. The standard InChI is InChI=1S/C14H19NO2/c15-10-11-6-8-12(9-7-11)14(16)17-13-4-2-1-3-5-13/h1-5,11-12H,6-10,15H2/t11-,12-. The third kappa shape index (κ3) is 3.30. The second-order valence-electron chi connectivity index (χ2n) is 4.69. The molecule has 0 radical (unpaired) electrons. The first-order valence-electron chi connectivity index (χ1n) is 6.26. The average molecular weight is 233 g/mol. The number of para-hydroxylation sites is 1. The number of hydrogen-bond donors (Lipinski definition) is 1. The van der Waals surface area contributed by atoms with Crippen LogP contribution < -0.4 is 10.5 Å². The van der Waals surface area contributed by atoms with Crippen LogP contribution in [0.5, 0.6) is 5.75 Å². The summed E-state index contributed by atoms with van der Waals surface area (Å²) in [5.41, 5.74) is 5.63. The Morgan fingerprint density at radius 1 is 1.18 bits per heavy atom. The molecule has 1 aliphatic rings. The van der Waals surface area contributed by atoms with E-state index in [0.29, 0.717) is 11.7 Å². The van der Waals surface area contributed by atoms with Crippen molar-refractivity contribution in [3.05, 3.63) is 30.3 Å². The predicted octanol–water partition coefficient (Wildman–Crippen LogP) is 2.36. The van der Waals surface area contributed by atoms with E-state index in [1.807, 2.05) is 30.3 Å². The lowest BCUT2D eigenvalue weighted by molar-refractivity contribution is -0.140. The average Bonchev–Trinajstić information content (AvgIpc) is 2.40. The highest BCUT2D eigenvalue weighted by atomic mass is 16.5. The van der Waals surface area contributed by atoms with Gasteiger partial charge in [0.05, 0.1) is 5.92 Å². The Hall–Kier alpha value is -1.35. The number of rotatable bonds is 3. The molecule has 3 heteroatoms. The topological polar surface area (TPSA) is 52.3 Å².